The van der Waals surface area contributed by atoms with Crippen molar-refractivity contribution in [1.82, 2.24) is 0 Å². The third kappa shape index (κ3) is 0.883. The number of rotatable bonds is 1. The zero-order valence-corrected chi connectivity index (χ0v) is 6.49. The van der Waals surface area contributed by atoms with Crippen molar-refractivity contribution in [2.24, 2.45) is 11.8 Å². The molecule has 1 fully saturated rings. The Labute approximate surface area is 57.1 Å². The van der Waals surface area contributed by atoms with Crippen LogP contribution in [0.3, 0.4) is 0 Å². The van der Waals surface area contributed by atoms with Gasteiger partial charge in [-0.05, 0) is 18.3 Å². The maximum atomic E-state index is 4.42. The highest BCUT2D eigenvalue weighted by molar-refractivity contribution is 7.81. The summed E-state index contributed by atoms with van der Waals surface area (Å²) in [4.78, 5) is 0. The predicted molar refractivity (Wildman–Crippen MR) is 40.3 cm³/mol. The van der Waals surface area contributed by atoms with Gasteiger partial charge in [0.1, 0.15) is 0 Å². The lowest BCUT2D eigenvalue weighted by atomic mass is 9.73. The van der Waals surface area contributed by atoms with E-state index in [-0.39, 0.29) is 0 Å². The molecule has 0 saturated heterocycles. The van der Waals surface area contributed by atoms with E-state index in [2.05, 4.69) is 26.5 Å². The Kier molecular flexibility index (Phi) is 1.86. The second kappa shape index (κ2) is 2.30. The molecule has 0 N–H and O–H groups in total. The zero-order valence-electron chi connectivity index (χ0n) is 5.59. The van der Waals surface area contributed by atoms with Crippen molar-refractivity contribution in [3.63, 3.8) is 0 Å². The molecule has 0 radical (unpaired) electrons. The van der Waals surface area contributed by atoms with Crippen LogP contribution in [0, 0.1) is 11.8 Å². The summed E-state index contributed by atoms with van der Waals surface area (Å²) in [6, 6.07) is 0. The van der Waals surface area contributed by atoms with E-state index in [0.717, 1.165) is 17.1 Å². The fourth-order valence-electron chi connectivity index (χ4n) is 1.59. The summed E-state index contributed by atoms with van der Waals surface area (Å²) in [7, 11) is 0. The topological polar surface area (TPSA) is 0 Å². The SMILES string of the molecule is CCC1C(C)CC1S. The third-order valence-corrected chi connectivity index (χ3v) is 2.90. The molecule has 0 aromatic rings. The van der Waals surface area contributed by atoms with E-state index in [1.54, 1.807) is 0 Å². The third-order valence-electron chi connectivity index (χ3n) is 2.31. The van der Waals surface area contributed by atoms with Gasteiger partial charge in [-0.25, -0.2) is 0 Å². The van der Waals surface area contributed by atoms with Gasteiger partial charge in [-0.3, -0.25) is 0 Å². The molecule has 1 aliphatic rings. The number of thiol groups is 1. The zero-order chi connectivity index (χ0) is 6.15. The van der Waals surface area contributed by atoms with Gasteiger partial charge in [0, 0.05) is 5.25 Å². The van der Waals surface area contributed by atoms with Gasteiger partial charge in [-0.1, -0.05) is 20.3 Å². The average molecular weight is 130 g/mol. The van der Waals surface area contributed by atoms with Crippen LogP contribution in [0.1, 0.15) is 26.7 Å². The Balaban J connectivity index is 2.29. The minimum Gasteiger partial charge on any atom is -0.176 e. The van der Waals surface area contributed by atoms with Crippen LogP contribution in [0.2, 0.25) is 0 Å². The Bertz CT molecular complexity index is 72.5. The Hall–Kier alpha value is 0.350. The highest BCUT2D eigenvalue weighted by atomic mass is 32.1. The molecule has 48 valence electrons. The van der Waals surface area contributed by atoms with E-state index in [0.29, 0.717) is 0 Å². The molecule has 0 bridgehead atoms. The molecule has 1 aliphatic carbocycles. The van der Waals surface area contributed by atoms with E-state index < -0.39 is 0 Å². The van der Waals surface area contributed by atoms with Gasteiger partial charge in [0.05, 0.1) is 0 Å². The lowest BCUT2D eigenvalue weighted by molar-refractivity contribution is 0.205. The average Bonchev–Trinajstić information content (AvgIpc) is 1.67. The normalized spacial score (nSPS) is 46.1. The van der Waals surface area contributed by atoms with Crippen LogP contribution in [0.4, 0.5) is 0 Å². The fraction of sp³-hybridized carbons (Fsp3) is 1.00. The van der Waals surface area contributed by atoms with Crippen LogP contribution < -0.4 is 0 Å². The Morgan fingerprint density at radius 2 is 2.25 bits per heavy atom. The van der Waals surface area contributed by atoms with Crippen molar-refractivity contribution in [1.29, 1.82) is 0 Å². The molecule has 1 rings (SSSR count). The van der Waals surface area contributed by atoms with Crippen molar-refractivity contribution in [3.8, 4) is 0 Å². The summed E-state index contributed by atoms with van der Waals surface area (Å²) in [6.45, 7) is 4.57. The first-order valence-corrected chi connectivity index (χ1v) is 3.95. The number of hydrogen-bond acceptors (Lipinski definition) is 1. The van der Waals surface area contributed by atoms with E-state index in [1.807, 2.05) is 0 Å². The van der Waals surface area contributed by atoms with Crippen LogP contribution in [0.5, 0.6) is 0 Å². The summed E-state index contributed by atoms with van der Waals surface area (Å²) in [6.07, 6.45) is 2.65. The highest BCUT2D eigenvalue weighted by Crippen LogP contribution is 2.39. The van der Waals surface area contributed by atoms with Gasteiger partial charge in [0.2, 0.25) is 0 Å². The molecule has 0 amide bonds. The summed E-state index contributed by atoms with van der Waals surface area (Å²) >= 11 is 4.42. The smallest absolute Gasteiger partial charge is 0.00501 e. The molecule has 0 aromatic carbocycles. The second-order valence-corrected chi connectivity index (χ2v) is 3.52. The maximum absolute atomic E-state index is 4.42. The number of hydrogen-bond donors (Lipinski definition) is 1. The van der Waals surface area contributed by atoms with Gasteiger partial charge < -0.3 is 0 Å². The van der Waals surface area contributed by atoms with Crippen molar-refractivity contribution in [2.75, 3.05) is 0 Å². The molecular weight excluding hydrogens is 116 g/mol. The molecule has 0 spiro atoms. The molecule has 0 aliphatic heterocycles. The molecule has 1 heteroatoms. The standard InChI is InChI=1S/C7H14S/c1-3-6-5(2)4-7(6)8/h5-8H,3-4H2,1-2H3. The molecule has 0 heterocycles. The molecule has 8 heavy (non-hydrogen) atoms. The van der Waals surface area contributed by atoms with Crippen molar-refractivity contribution in [2.45, 2.75) is 31.9 Å². The van der Waals surface area contributed by atoms with Gasteiger partial charge in [0.15, 0.2) is 0 Å². The van der Waals surface area contributed by atoms with Gasteiger partial charge in [-0.15, -0.1) is 0 Å². The second-order valence-electron chi connectivity index (χ2n) is 2.85. The predicted octanol–water partition coefficient (Wildman–Crippen LogP) is 2.35. The summed E-state index contributed by atoms with van der Waals surface area (Å²) in [5, 5.41) is 0.718. The van der Waals surface area contributed by atoms with Gasteiger partial charge in [-0.2, -0.15) is 12.6 Å². The largest absolute Gasteiger partial charge is 0.176 e. The van der Waals surface area contributed by atoms with Gasteiger partial charge in [0.25, 0.3) is 0 Å². The van der Waals surface area contributed by atoms with E-state index in [1.165, 1.54) is 12.8 Å². The van der Waals surface area contributed by atoms with Gasteiger partial charge >= 0.3 is 0 Å². The van der Waals surface area contributed by atoms with Crippen LogP contribution in [0.15, 0.2) is 0 Å². The minimum atomic E-state index is 0.718. The molecule has 3 unspecified atom stereocenters. The van der Waals surface area contributed by atoms with E-state index >= 15 is 0 Å². The molecule has 1 saturated carbocycles. The van der Waals surface area contributed by atoms with Crippen LogP contribution in [0.25, 0.3) is 0 Å². The fourth-order valence-corrected chi connectivity index (χ4v) is 2.43. The Morgan fingerprint density at radius 3 is 2.38 bits per heavy atom. The quantitative estimate of drug-likeness (QED) is 0.517. The van der Waals surface area contributed by atoms with Crippen molar-refractivity contribution >= 4 is 12.6 Å². The lowest BCUT2D eigenvalue weighted by Gasteiger charge is -2.39. The summed E-state index contributed by atoms with van der Waals surface area (Å²) < 4.78 is 0. The molecule has 0 aromatic heterocycles. The molecule has 0 nitrogen and oxygen atoms in total. The highest BCUT2D eigenvalue weighted by Gasteiger charge is 2.33. The lowest BCUT2D eigenvalue weighted by Crippen LogP contribution is -2.35. The monoisotopic (exact) mass is 130 g/mol. The summed E-state index contributed by atoms with van der Waals surface area (Å²) in [5.74, 6) is 1.86. The first-order valence-electron chi connectivity index (χ1n) is 3.43. The minimum absolute atomic E-state index is 0.718. The van der Waals surface area contributed by atoms with Crippen molar-refractivity contribution < 1.29 is 0 Å². The van der Waals surface area contributed by atoms with Crippen LogP contribution >= 0.6 is 12.6 Å². The first-order chi connectivity index (χ1) is 3.75. The van der Waals surface area contributed by atoms with Crippen LogP contribution in [-0.4, -0.2) is 5.25 Å². The van der Waals surface area contributed by atoms with Crippen molar-refractivity contribution in [3.05, 3.63) is 0 Å². The van der Waals surface area contributed by atoms with E-state index in [9.17, 15) is 0 Å². The first kappa shape index (κ1) is 6.47. The maximum Gasteiger partial charge on any atom is 0.00501 e. The molecule has 3 atom stereocenters. The van der Waals surface area contributed by atoms with Crippen LogP contribution in [-0.2, 0) is 0 Å². The molecular formula is C7H14S. The van der Waals surface area contributed by atoms with E-state index in [4.69, 9.17) is 0 Å². The Morgan fingerprint density at radius 1 is 1.62 bits per heavy atom. The summed E-state index contributed by atoms with van der Waals surface area (Å²) in [5.41, 5.74) is 0.